The second kappa shape index (κ2) is 5.95. The summed E-state index contributed by atoms with van der Waals surface area (Å²) in [6.07, 6.45) is 0. The van der Waals surface area contributed by atoms with E-state index in [1.807, 2.05) is 42.5 Å². The van der Waals surface area contributed by atoms with Gasteiger partial charge in [-0.1, -0.05) is 36.4 Å². The average Bonchev–Trinajstić information content (AvgIpc) is 2.42. The van der Waals surface area contributed by atoms with Crippen molar-refractivity contribution in [3.05, 3.63) is 65.7 Å². The Kier molecular flexibility index (Phi) is 4.06. The molecule has 18 heavy (non-hydrogen) atoms. The van der Waals surface area contributed by atoms with Crippen LogP contribution >= 0.6 is 0 Å². The summed E-state index contributed by atoms with van der Waals surface area (Å²) in [6.45, 7) is 0.255. The van der Waals surface area contributed by atoms with Crippen LogP contribution in [0.25, 0.3) is 0 Å². The van der Waals surface area contributed by atoms with Crippen LogP contribution in [0.3, 0.4) is 0 Å². The van der Waals surface area contributed by atoms with E-state index in [1.54, 1.807) is 12.1 Å². The Morgan fingerprint density at radius 1 is 1.06 bits per heavy atom. The van der Waals surface area contributed by atoms with Gasteiger partial charge in [-0.2, -0.15) is 0 Å². The number of para-hydroxylation sites is 1. The fraction of sp³-hybridized carbons (Fsp3) is 0.0714. The summed E-state index contributed by atoms with van der Waals surface area (Å²) in [7, 11) is 0. The number of hydrogen-bond acceptors (Lipinski definition) is 3. The molecule has 0 aliphatic rings. The maximum absolute atomic E-state index is 12.0. The lowest BCUT2D eigenvalue weighted by molar-refractivity contribution is 0.102. The minimum absolute atomic E-state index is 0.153. The molecule has 0 saturated carbocycles. The van der Waals surface area contributed by atoms with Crippen molar-refractivity contribution >= 4 is 11.6 Å². The van der Waals surface area contributed by atoms with Gasteiger partial charge in [0, 0.05) is 16.8 Å². The summed E-state index contributed by atoms with van der Waals surface area (Å²) in [5.41, 5.74) is 2.15. The van der Waals surface area contributed by atoms with Crippen LogP contribution in [-0.4, -0.2) is 5.91 Å². The third-order valence-corrected chi connectivity index (χ3v) is 2.54. The molecule has 1 amide bonds. The van der Waals surface area contributed by atoms with Gasteiger partial charge in [-0.25, -0.2) is 5.90 Å². The normalized spacial score (nSPS) is 10.1. The van der Waals surface area contributed by atoms with E-state index in [0.717, 1.165) is 5.56 Å². The molecule has 0 aliphatic heterocycles. The molecular weight excluding hydrogens is 228 g/mol. The first-order valence-electron chi connectivity index (χ1n) is 5.57. The topological polar surface area (TPSA) is 64.3 Å². The van der Waals surface area contributed by atoms with Crippen molar-refractivity contribution in [2.24, 2.45) is 5.90 Å². The molecule has 0 radical (unpaired) electrons. The summed E-state index contributed by atoms with van der Waals surface area (Å²) in [5, 5.41) is 2.84. The quantitative estimate of drug-likeness (QED) is 0.809. The van der Waals surface area contributed by atoms with E-state index in [2.05, 4.69) is 10.2 Å². The number of nitrogens with two attached hydrogens (primary N) is 1. The lowest BCUT2D eigenvalue weighted by Gasteiger charge is -2.10. The Morgan fingerprint density at radius 2 is 1.72 bits per heavy atom. The fourth-order valence-corrected chi connectivity index (χ4v) is 1.64. The monoisotopic (exact) mass is 242 g/mol. The highest BCUT2D eigenvalue weighted by molar-refractivity contribution is 6.04. The van der Waals surface area contributed by atoms with Crippen LogP contribution in [0, 0.1) is 0 Å². The summed E-state index contributed by atoms with van der Waals surface area (Å²) in [6, 6.07) is 16.4. The molecule has 2 aromatic rings. The molecule has 0 aliphatic carbocycles. The van der Waals surface area contributed by atoms with Crippen molar-refractivity contribution in [3.63, 3.8) is 0 Å². The molecule has 0 atom stereocenters. The van der Waals surface area contributed by atoms with Crippen molar-refractivity contribution in [3.8, 4) is 0 Å². The predicted molar refractivity (Wildman–Crippen MR) is 69.8 cm³/mol. The zero-order valence-corrected chi connectivity index (χ0v) is 9.80. The van der Waals surface area contributed by atoms with Gasteiger partial charge in [0.15, 0.2) is 0 Å². The SMILES string of the molecule is NOCc1ccccc1NC(=O)c1ccccc1. The van der Waals surface area contributed by atoms with Crippen molar-refractivity contribution in [2.45, 2.75) is 6.61 Å². The van der Waals surface area contributed by atoms with Crippen LogP contribution in [0.2, 0.25) is 0 Å². The number of hydrogen-bond donors (Lipinski definition) is 2. The van der Waals surface area contributed by atoms with Crippen LogP contribution in [0.15, 0.2) is 54.6 Å². The van der Waals surface area contributed by atoms with Gasteiger partial charge in [0.25, 0.3) is 5.91 Å². The van der Waals surface area contributed by atoms with Crippen LogP contribution < -0.4 is 11.2 Å². The largest absolute Gasteiger partial charge is 0.322 e. The second-order valence-corrected chi connectivity index (χ2v) is 3.79. The molecule has 0 spiro atoms. The third kappa shape index (κ3) is 2.94. The van der Waals surface area contributed by atoms with Crippen LogP contribution in [0.4, 0.5) is 5.69 Å². The smallest absolute Gasteiger partial charge is 0.255 e. The number of carbonyl (C=O) groups excluding carboxylic acids is 1. The van der Waals surface area contributed by atoms with E-state index >= 15 is 0 Å². The molecule has 2 aromatic carbocycles. The summed E-state index contributed by atoms with van der Waals surface area (Å²) in [5.74, 6) is 4.91. The summed E-state index contributed by atoms with van der Waals surface area (Å²) in [4.78, 5) is 16.6. The van der Waals surface area contributed by atoms with Crippen molar-refractivity contribution < 1.29 is 9.63 Å². The second-order valence-electron chi connectivity index (χ2n) is 3.79. The Labute approximate surface area is 105 Å². The molecule has 0 heterocycles. The highest BCUT2D eigenvalue weighted by Crippen LogP contribution is 2.16. The Bertz CT molecular complexity index is 526. The minimum Gasteiger partial charge on any atom is -0.322 e. The van der Waals surface area contributed by atoms with Gasteiger partial charge in [-0.05, 0) is 18.2 Å². The highest BCUT2D eigenvalue weighted by atomic mass is 16.6. The van der Waals surface area contributed by atoms with Gasteiger partial charge in [0.2, 0.25) is 0 Å². The van der Waals surface area contributed by atoms with Gasteiger partial charge in [-0.15, -0.1) is 0 Å². The first-order valence-corrected chi connectivity index (χ1v) is 5.57. The molecule has 4 heteroatoms. The molecule has 3 N–H and O–H groups in total. The summed E-state index contributed by atoms with van der Waals surface area (Å²) < 4.78 is 0. The molecule has 0 unspecified atom stereocenters. The van der Waals surface area contributed by atoms with E-state index in [0.29, 0.717) is 11.3 Å². The van der Waals surface area contributed by atoms with Crippen molar-refractivity contribution in [1.82, 2.24) is 0 Å². The maximum Gasteiger partial charge on any atom is 0.255 e. The van der Waals surface area contributed by atoms with Crippen LogP contribution in [0.1, 0.15) is 15.9 Å². The van der Waals surface area contributed by atoms with E-state index in [4.69, 9.17) is 5.90 Å². The first kappa shape index (κ1) is 12.3. The van der Waals surface area contributed by atoms with Crippen molar-refractivity contribution in [1.29, 1.82) is 0 Å². The van der Waals surface area contributed by atoms with Gasteiger partial charge in [0.1, 0.15) is 0 Å². The van der Waals surface area contributed by atoms with Gasteiger partial charge < -0.3 is 5.32 Å². The van der Waals surface area contributed by atoms with Crippen LogP contribution in [-0.2, 0) is 11.4 Å². The molecule has 0 bridgehead atoms. The zero-order chi connectivity index (χ0) is 12.8. The number of amides is 1. The Balaban J connectivity index is 2.17. The Hall–Kier alpha value is -2.17. The van der Waals surface area contributed by atoms with E-state index in [1.165, 1.54) is 0 Å². The lowest BCUT2D eigenvalue weighted by atomic mass is 10.1. The molecule has 0 fully saturated rings. The number of rotatable bonds is 4. The molecule has 0 saturated heterocycles. The standard InChI is InChI=1S/C14H14N2O2/c15-18-10-12-8-4-5-9-13(12)16-14(17)11-6-2-1-3-7-11/h1-9H,10,15H2,(H,16,17). The third-order valence-electron chi connectivity index (χ3n) is 2.54. The lowest BCUT2D eigenvalue weighted by Crippen LogP contribution is -2.13. The fourth-order valence-electron chi connectivity index (χ4n) is 1.64. The highest BCUT2D eigenvalue weighted by Gasteiger charge is 2.08. The van der Waals surface area contributed by atoms with E-state index in [9.17, 15) is 4.79 Å². The number of nitrogens with one attached hydrogen (secondary N) is 1. The van der Waals surface area contributed by atoms with E-state index < -0.39 is 0 Å². The van der Waals surface area contributed by atoms with Gasteiger partial charge in [-0.3, -0.25) is 9.63 Å². The van der Waals surface area contributed by atoms with Gasteiger partial charge >= 0.3 is 0 Å². The van der Waals surface area contributed by atoms with Crippen molar-refractivity contribution in [2.75, 3.05) is 5.32 Å². The number of anilines is 1. The summed E-state index contributed by atoms with van der Waals surface area (Å²) >= 11 is 0. The van der Waals surface area contributed by atoms with Gasteiger partial charge in [0.05, 0.1) is 6.61 Å². The molecule has 4 nitrogen and oxygen atoms in total. The molecule has 0 aromatic heterocycles. The molecule has 2 rings (SSSR count). The first-order chi connectivity index (χ1) is 8.81. The maximum atomic E-state index is 12.0. The Morgan fingerprint density at radius 3 is 2.44 bits per heavy atom. The minimum atomic E-state index is -0.153. The van der Waals surface area contributed by atoms with Crippen LogP contribution in [0.5, 0.6) is 0 Å². The number of benzene rings is 2. The zero-order valence-electron chi connectivity index (χ0n) is 9.80. The number of carbonyl (C=O) groups is 1. The van der Waals surface area contributed by atoms with E-state index in [-0.39, 0.29) is 12.5 Å². The average molecular weight is 242 g/mol. The molecule has 92 valence electrons. The molecular formula is C14H14N2O2. The predicted octanol–water partition coefficient (Wildman–Crippen LogP) is 2.33.